The fourth-order valence-corrected chi connectivity index (χ4v) is 2.15. The predicted molar refractivity (Wildman–Crippen MR) is 75.5 cm³/mol. The van der Waals surface area contributed by atoms with Gasteiger partial charge in [-0.25, -0.2) is 10.4 Å². The molecule has 0 unspecified atom stereocenters. The lowest BCUT2D eigenvalue weighted by atomic mass is 10.2. The maximum absolute atomic E-state index is 11.6. The molecule has 0 fully saturated rings. The summed E-state index contributed by atoms with van der Waals surface area (Å²) in [4.78, 5) is 15.5. The molecule has 1 amide bonds. The minimum absolute atomic E-state index is 0.207. The van der Waals surface area contributed by atoms with E-state index >= 15 is 0 Å². The maximum atomic E-state index is 11.6. The number of aromatic amines is 1. The highest BCUT2D eigenvalue weighted by Crippen LogP contribution is 2.10. The third kappa shape index (κ3) is 3.44. The average Bonchev–Trinajstić information content (AvgIpc) is 3.00. The van der Waals surface area contributed by atoms with Crippen LogP contribution in [-0.2, 0) is 11.8 Å². The molecule has 0 radical (unpaired) electrons. The number of H-pyrrole nitrogens is 1. The van der Waals surface area contributed by atoms with Gasteiger partial charge in [-0.05, 0) is 13.8 Å². The van der Waals surface area contributed by atoms with Crippen molar-refractivity contribution in [3.63, 3.8) is 0 Å². The number of hydrogen-bond acceptors (Lipinski definition) is 6. The molecular weight excluding hydrogens is 278 g/mol. The largest absolute Gasteiger partial charge is 0.272 e. The molecule has 0 atom stereocenters. The first-order valence-corrected chi connectivity index (χ1v) is 6.86. The van der Waals surface area contributed by atoms with E-state index in [1.165, 1.54) is 18.1 Å². The van der Waals surface area contributed by atoms with Crippen molar-refractivity contribution in [2.75, 3.05) is 5.75 Å². The molecular formula is C11H15N7OS. The predicted octanol–water partition coefficient (Wildman–Crippen LogP) is 0.397. The van der Waals surface area contributed by atoms with Crippen LogP contribution >= 0.6 is 11.8 Å². The Labute approximate surface area is 120 Å². The minimum atomic E-state index is -0.207. The van der Waals surface area contributed by atoms with Crippen molar-refractivity contribution < 1.29 is 4.79 Å². The van der Waals surface area contributed by atoms with E-state index < -0.39 is 0 Å². The van der Waals surface area contributed by atoms with E-state index in [1.807, 2.05) is 20.9 Å². The van der Waals surface area contributed by atoms with Gasteiger partial charge in [-0.3, -0.25) is 14.6 Å². The van der Waals surface area contributed by atoms with Crippen molar-refractivity contribution in [1.82, 2.24) is 30.4 Å². The van der Waals surface area contributed by atoms with Crippen LogP contribution in [0.3, 0.4) is 0 Å². The number of aromatic nitrogens is 5. The van der Waals surface area contributed by atoms with Crippen molar-refractivity contribution in [1.29, 1.82) is 0 Å². The van der Waals surface area contributed by atoms with Crippen molar-refractivity contribution in [2.24, 2.45) is 12.1 Å². The van der Waals surface area contributed by atoms with Crippen molar-refractivity contribution >= 4 is 23.9 Å². The smallest absolute Gasteiger partial charge is 0.250 e. The van der Waals surface area contributed by atoms with Crippen LogP contribution < -0.4 is 5.43 Å². The van der Waals surface area contributed by atoms with Crippen LogP contribution in [-0.4, -0.2) is 42.8 Å². The maximum Gasteiger partial charge on any atom is 0.250 e. The number of amides is 1. The normalized spacial score (nSPS) is 11.2. The van der Waals surface area contributed by atoms with E-state index in [2.05, 4.69) is 30.8 Å². The van der Waals surface area contributed by atoms with Crippen molar-refractivity contribution in [3.05, 3.63) is 23.3 Å². The van der Waals surface area contributed by atoms with Gasteiger partial charge in [-0.2, -0.15) is 15.3 Å². The second-order valence-corrected chi connectivity index (χ2v) is 5.04. The summed E-state index contributed by atoms with van der Waals surface area (Å²) in [5, 5.41) is 15.2. The first kappa shape index (κ1) is 14.3. The highest BCUT2D eigenvalue weighted by molar-refractivity contribution is 7.99. The van der Waals surface area contributed by atoms with Gasteiger partial charge in [-0.15, -0.1) is 0 Å². The topological polar surface area (TPSA) is 101 Å². The summed E-state index contributed by atoms with van der Waals surface area (Å²) in [7, 11) is 1.87. The molecule has 0 saturated heterocycles. The van der Waals surface area contributed by atoms with E-state index in [1.54, 1.807) is 10.9 Å². The van der Waals surface area contributed by atoms with Crippen molar-refractivity contribution in [2.45, 2.75) is 19.0 Å². The Bertz CT molecular complexity index is 617. The molecule has 9 heteroatoms. The lowest BCUT2D eigenvalue weighted by Gasteiger charge is -1.98. The van der Waals surface area contributed by atoms with Crippen LogP contribution in [0.1, 0.15) is 17.0 Å². The van der Waals surface area contributed by atoms with Gasteiger partial charge in [-0.1, -0.05) is 11.8 Å². The van der Waals surface area contributed by atoms with E-state index in [0.717, 1.165) is 17.0 Å². The van der Waals surface area contributed by atoms with Gasteiger partial charge in [0, 0.05) is 18.3 Å². The van der Waals surface area contributed by atoms with Gasteiger partial charge in [0.05, 0.1) is 17.7 Å². The van der Waals surface area contributed by atoms with Crippen LogP contribution in [0.2, 0.25) is 0 Å². The fourth-order valence-electron chi connectivity index (χ4n) is 1.58. The SMILES string of the molecule is Cc1nn(C)c(C)c1/C=N\NC(=O)CSc1ncn[nH]1. The molecule has 2 N–H and O–H groups in total. The number of thioether (sulfide) groups is 1. The molecule has 106 valence electrons. The van der Waals surface area contributed by atoms with Crippen LogP contribution in [0, 0.1) is 13.8 Å². The summed E-state index contributed by atoms with van der Waals surface area (Å²) in [6.45, 7) is 3.85. The summed E-state index contributed by atoms with van der Waals surface area (Å²) in [5.41, 5.74) is 5.25. The molecule has 8 nitrogen and oxygen atoms in total. The highest BCUT2D eigenvalue weighted by atomic mass is 32.2. The summed E-state index contributed by atoms with van der Waals surface area (Å²) in [5.74, 6) is 0.0132. The monoisotopic (exact) mass is 293 g/mol. The molecule has 0 aliphatic heterocycles. The average molecular weight is 293 g/mol. The Hall–Kier alpha value is -2.16. The highest BCUT2D eigenvalue weighted by Gasteiger charge is 2.07. The lowest BCUT2D eigenvalue weighted by molar-refractivity contribution is -0.118. The number of rotatable bonds is 5. The molecule has 2 aromatic rings. The molecule has 2 rings (SSSR count). The number of hydrazone groups is 1. The van der Waals surface area contributed by atoms with E-state index in [9.17, 15) is 4.79 Å². The number of nitrogens with zero attached hydrogens (tertiary/aromatic N) is 5. The zero-order chi connectivity index (χ0) is 14.5. The number of hydrogen-bond donors (Lipinski definition) is 2. The minimum Gasteiger partial charge on any atom is -0.272 e. The van der Waals surface area contributed by atoms with E-state index in [-0.39, 0.29) is 11.7 Å². The van der Waals surface area contributed by atoms with Crippen molar-refractivity contribution in [3.8, 4) is 0 Å². The van der Waals surface area contributed by atoms with Crippen LogP contribution in [0.15, 0.2) is 16.6 Å². The van der Waals surface area contributed by atoms with E-state index in [4.69, 9.17) is 0 Å². The van der Waals surface area contributed by atoms with Gasteiger partial charge in [0.1, 0.15) is 6.33 Å². The number of nitrogens with one attached hydrogen (secondary N) is 2. The molecule has 0 aromatic carbocycles. The molecule has 0 spiro atoms. The van der Waals surface area contributed by atoms with Gasteiger partial charge in [0.2, 0.25) is 0 Å². The van der Waals surface area contributed by atoms with Crippen LogP contribution in [0.4, 0.5) is 0 Å². The first-order chi connectivity index (χ1) is 9.58. The third-order valence-electron chi connectivity index (χ3n) is 2.68. The number of carbonyl (C=O) groups excluding carboxylic acids is 1. The molecule has 2 aromatic heterocycles. The van der Waals surface area contributed by atoms with Gasteiger partial charge in [0.25, 0.3) is 5.91 Å². The second-order valence-electron chi connectivity index (χ2n) is 4.08. The Morgan fingerprint density at radius 2 is 2.40 bits per heavy atom. The van der Waals surface area contributed by atoms with Gasteiger partial charge >= 0.3 is 0 Å². The summed E-state index contributed by atoms with van der Waals surface area (Å²) >= 11 is 1.26. The number of carbonyl (C=O) groups is 1. The molecule has 2 heterocycles. The summed E-state index contributed by atoms with van der Waals surface area (Å²) in [6.07, 6.45) is 3.00. The van der Waals surface area contributed by atoms with Gasteiger partial charge < -0.3 is 0 Å². The summed E-state index contributed by atoms with van der Waals surface area (Å²) in [6, 6.07) is 0. The van der Waals surface area contributed by atoms with E-state index in [0.29, 0.717) is 5.16 Å². The standard InChI is InChI=1S/C11H15N7OS/c1-7-9(8(2)18(3)17-7)4-13-15-10(19)5-20-11-12-6-14-16-11/h4,6H,5H2,1-3H3,(H,15,19)(H,12,14,16)/b13-4-. The zero-order valence-electron chi connectivity index (χ0n) is 11.4. The Morgan fingerprint density at radius 1 is 1.60 bits per heavy atom. The van der Waals surface area contributed by atoms with Crippen LogP contribution in [0.25, 0.3) is 0 Å². The number of aryl methyl sites for hydroxylation is 2. The first-order valence-electron chi connectivity index (χ1n) is 5.88. The second kappa shape index (κ2) is 6.33. The molecule has 0 bridgehead atoms. The molecule has 0 saturated carbocycles. The Morgan fingerprint density at radius 3 is 3.00 bits per heavy atom. The Balaban J connectivity index is 1.85. The lowest BCUT2D eigenvalue weighted by Crippen LogP contribution is -2.19. The molecule has 20 heavy (non-hydrogen) atoms. The van der Waals surface area contributed by atoms with Crippen LogP contribution in [0.5, 0.6) is 0 Å². The quantitative estimate of drug-likeness (QED) is 0.472. The third-order valence-corrected chi connectivity index (χ3v) is 3.56. The Kier molecular flexibility index (Phi) is 4.51. The fraction of sp³-hybridized carbons (Fsp3) is 0.364. The molecule has 0 aliphatic carbocycles. The zero-order valence-corrected chi connectivity index (χ0v) is 12.2. The summed E-state index contributed by atoms with van der Waals surface area (Å²) < 4.78 is 1.78. The molecule has 0 aliphatic rings. The van der Waals surface area contributed by atoms with Gasteiger partial charge in [0.15, 0.2) is 5.16 Å².